The molecule has 1 heterocycles. The van der Waals surface area contributed by atoms with Gasteiger partial charge in [-0.1, -0.05) is 0 Å². The number of nitrogen functional groups attached to an aromatic ring is 1. The van der Waals surface area contributed by atoms with Crippen LogP contribution in [0.3, 0.4) is 0 Å². The topological polar surface area (TPSA) is 48.1 Å². The van der Waals surface area contributed by atoms with Crippen molar-refractivity contribution in [2.24, 2.45) is 0 Å². The van der Waals surface area contributed by atoms with Crippen LogP contribution in [0.1, 0.15) is 5.56 Å². The summed E-state index contributed by atoms with van der Waals surface area (Å²) in [5.41, 5.74) is 5.18. The summed E-state index contributed by atoms with van der Waals surface area (Å²) in [6, 6.07) is 7.54. The minimum atomic E-state index is -4.36. The Morgan fingerprint density at radius 3 is 2.28 bits per heavy atom. The Bertz CT molecular complexity index is 538. The summed E-state index contributed by atoms with van der Waals surface area (Å²) in [6.07, 6.45) is -2.88. The Hall–Kier alpha value is -2.24. The van der Waals surface area contributed by atoms with Gasteiger partial charge in [-0.15, -0.1) is 0 Å². The Kier molecular flexibility index (Phi) is 3.10. The van der Waals surface area contributed by atoms with E-state index in [0.717, 1.165) is 12.1 Å². The van der Waals surface area contributed by atoms with Gasteiger partial charge in [-0.3, -0.25) is 0 Å². The molecular weight excluding hydrogens is 245 g/mol. The van der Waals surface area contributed by atoms with E-state index in [1.807, 2.05) is 0 Å². The minimum absolute atomic E-state index is 0.164. The molecular formula is C12H9F3N2O. The fourth-order valence-electron chi connectivity index (χ4n) is 1.31. The fraction of sp³-hybridized carbons (Fsp3) is 0.0833. The van der Waals surface area contributed by atoms with Crippen molar-refractivity contribution in [1.82, 2.24) is 4.98 Å². The lowest BCUT2D eigenvalue weighted by atomic mass is 10.2. The molecule has 94 valence electrons. The maximum absolute atomic E-state index is 12.3. The number of nitrogens with zero attached hydrogens (tertiary/aromatic N) is 1. The summed E-state index contributed by atoms with van der Waals surface area (Å²) >= 11 is 0. The summed E-state index contributed by atoms with van der Waals surface area (Å²) in [5.74, 6) is 0.408. The van der Waals surface area contributed by atoms with Crippen molar-refractivity contribution in [2.45, 2.75) is 6.18 Å². The molecule has 2 rings (SSSR count). The predicted octanol–water partition coefficient (Wildman–Crippen LogP) is 3.47. The lowest BCUT2D eigenvalue weighted by Gasteiger charge is -2.09. The molecule has 0 unspecified atom stereocenters. The molecule has 0 aliphatic rings. The molecule has 2 aromatic rings. The molecule has 0 amide bonds. The number of rotatable bonds is 2. The zero-order chi connectivity index (χ0) is 13.2. The van der Waals surface area contributed by atoms with E-state index in [9.17, 15) is 13.2 Å². The largest absolute Gasteiger partial charge is 0.437 e. The molecule has 0 radical (unpaired) electrons. The molecule has 0 aliphatic heterocycles. The number of pyridine rings is 1. The SMILES string of the molecule is Nc1cccnc1Oc1ccc(C(F)(F)F)cc1. The van der Waals surface area contributed by atoms with E-state index in [1.165, 1.54) is 18.3 Å². The number of hydrogen-bond acceptors (Lipinski definition) is 3. The van der Waals surface area contributed by atoms with Crippen LogP contribution in [0, 0.1) is 0 Å². The highest BCUT2D eigenvalue weighted by molar-refractivity contribution is 5.48. The smallest absolute Gasteiger partial charge is 0.416 e. The van der Waals surface area contributed by atoms with Crippen molar-refractivity contribution in [3.05, 3.63) is 48.2 Å². The molecule has 0 bridgehead atoms. The van der Waals surface area contributed by atoms with E-state index >= 15 is 0 Å². The molecule has 0 spiro atoms. The van der Waals surface area contributed by atoms with Gasteiger partial charge in [0.2, 0.25) is 5.88 Å². The van der Waals surface area contributed by atoms with E-state index in [-0.39, 0.29) is 11.6 Å². The Morgan fingerprint density at radius 1 is 1.06 bits per heavy atom. The number of aromatic nitrogens is 1. The van der Waals surface area contributed by atoms with Gasteiger partial charge in [0.05, 0.1) is 11.3 Å². The van der Waals surface area contributed by atoms with Crippen molar-refractivity contribution in [2.75, 3.05) is 5.73 Å². The lowest BCUT2D eigenvalue weighted by molar-refractivity contribution is -0.137. The summed E-state index contributed by atoms with van der Waals surface area (Å²) in [4.78, 5) is 3.88. The molecule has 0 aliphatic carbocycles. The highest BCUT2D eigenvalue weighted by Crippen LogP contribution is 2.31. The van der Waals surface area contributed by atoms with E-state index < -0.39 is 11.7 Å². The number of ether oxygens (including phenoxy) is 1. The number of benzene rings is 1. The molecule has 1 aromatic carbocycles. The van der Waals surface area contributed by atoms with Crippen LogP contribution in [0.25, 0.3) is 0 Å². The second-order valence-electron chi connectivity index (χ2n) is 3.52. The third-order valence-corrected chi connectivity index (χ3v) is 2.20. The number of hydrogen-bond donors (Lipinski definition) is 1. The Morgan fingerprint density at radius 2 is 1.72 bits per heavy atom. The van der Waals surface area contributed by atoms with Crippen LogP contribution in [-0.2, 0) is 6.18 Å². The van der Waals surface area contributed by atoms with E-state index in [1.54, 1.807) is 12.1 Å². The van der Waals surface area contributed by atoms with Gasteiger partial charge in [0.25, 0.3) is 0 Å². The number of nitrogens with two attached hydrogens (primary N) is 1. The van der Waals surface area contributed by atoms with Crippen LogP contribution in [0.15, 0.2) is 42.6 Å². The summed E-state index contributed by atoms with van der Waals surface area (Å²) in [5, 5.41) is 0. The van der Waals surface area contributed by atoms with Crippen LogP contribution in [-0.4, -0.2) is 4.98 Å². The van der Waals surface area contributed by atoms with Gasteiger partial charge in [-0.25, -0.2) is 4.98 Å². The normalized spacial score (nSPS) is 11.3. The number of halogens is 3. The second-order valence-corrected chi connectivity index (χ2v) is 3.52. The molecule has 0 saturated carbocycles. The molecule has 18 heavy (non-hydrogen) atoms. The Balaban J connectivity index is 2.19. The van der Waals surface area contributed by atoms with Gasteiger partial charge >= 0.3 is 6.18 Å². The van der Waals surface area contributed by atoms with Gasteiger partial charge in [0, 0.05) is 6.20 Å². The molecule has 3 nitrogen and oxygen atoms in total. The number of anilines is 1. The van der Waals surface area contributed by atoms with E-state index in [2.05, 4.69) is 4.98 Å². The summed E-state index contributed by atoms with van der Waals surface area (Å²) in [7, 11) is 0. The third-order valence-electron chi connectivity index (χ3n) is 2.20. The maximum atomic E-state index is 12.3. The summed E-state index contributed by atoms with van der Waals surface area (Å²) in [6.45, 7) is 0. The van der Waals surface area contributed by atoms with Crippen molar-refractivity contribution in [1.29, 1.82) is 0 Å². The Labute approximate surface area is 101 Å². The molecule has 1 aromatic heterocycles. The number of alkyl halides is 3. The van der Waals surface area contributed by atoms with Gasteiger partial charge in [-0.05, 0) is 36.4 Å². The average Bonchev–Trinajstić information content (AvgIpc) is 2.32. The van der Waals surface area contributed by atoms with Gasteiger partial charge < -0.3 is 10.5 Å². The van der Waals surface area contributed by atoms with Crippen molar-refractivity contribution >= 4 is 5.69 Å². The first-order valence-corrected chi connectivity index (χ1v) is 5.02. The zero-order valence-electron chi connectivity index (χ0n) is 9.11. The van der Waals surface area contributed by atoms with E-state index in [4.69, 9.17) is 10.5 Å². The first kappa shape index (κ1) is 12.2. The summed E-state index contributed by atoms with van der Waals surface area (Å²) < 4.78 is 42.3. The minimum Gasteiger partial charge on any atom is -0.437 e. The monoisotopic (exact) mass is 254 g/mol. The van der Waals surface area contributed by atoms with Crippen LogP contribution in [0.2, 0.25) is 0 Å². The first-order valence-electron chi connectivity index (χ1n) is 5.02. The van der Waals surface area contributed by atoms with Gasteiger partial charge in [0.1, 0.15) is 5.75 Å². The standard InChI is InChI=1S/C12H9F3N2O/c13-12(14,15)8-3-5-9(6-4-8)18-11-10(16)2-1-7-17-11/h1-7H,16H2. The quantitative estimate of drug-likeness (QED) is 0.892. The van der Waals surface area contributed by atoms with Gasteiger partial charge in [-0.2, -0.15) is 13.2 Å². The molecule has 6 heteroatoms. The van der Waals surface area contributed by atoms with Crippen molar-refractivity contribution in [3.63, 3.8) is 0 Å². The van der Waals surface area contributed by atoms with Crippen molar-refractivity contribution in [3.8, 4) is 11.6 Å². The third kappa shape index (κ3) is 2.71. The first-order chi connectivity index (χ1) is 8.47. The second kappa shape index (κ2) is 4.56. The molecule has 2 N–H and O–H groups in total. The van der Waals surface area contributed by atoms with Gasteiger partial charge in [0.15, 0.2) is 0 Å². The molecule has 0 saturated heterocycles. The predicted molar refractivity (Wildman–Crippen MR) is 60.2 cm³/mol. The van der Waals surface area contributed by atoms with Crippen molar-refractivity contribution < 1.29 is 17.9 Å². The average molecular weight is 254 g/mol. The van der Waals surface area contributed by atoms with Crippen LogP contribution in [0.4, 0.5) is 18.9 Å². The highest BCUT2D eigenvalue weighted by Gasteiger charge is 2.30. The maximum Gasteiger partial charge on any atom is 0.416 e. The zero-order valence-corrected chi connectivity index (χ0v) is 9.11. The highest BCUT2D eigenvalue weighted by atomic mass is 19.4. The van der Waals surface area contributed by atoms with Crippen LogP contribution in [0.5, 0.6) is 11.6 Å². The fourth-order valence-corrected chi connectivity index (χ4v) is 1.31. The lowest BCUT2D eigenvalue weighted by Crippen LogP contribution is -2.04. The van der Waals surface area contributed by atoms with Crippen LogP contribution >= 0.6 is 0 Å². The van der Waals surface area contributed by atoms with Crippen LogP contribution < -0.4 is 10.5 Å². The van der Waals surface area contributed by atoms with E-state index in [0.29, 0.717) is 5.69 Å². The molecule has 0 atom stereocenters. The molecule has 0 fully saturated rings.